The van der Waals surface area contributed by atoms with Crippen LogP contribution in [0.1, 0.15) is 31.7 Å². The number of carbonyl (C=O) groups excluding carboxylic acids is 1. The molecule has 0 aliphatic rings. The Hall–Kier alpha value is -1.26. The van der Waals surface area contributed by atoms with Crippen LogP contribution in [0.5, 0.6) is 0 Å². The first-order valence-electron chi connectivity index (χ1n) is 7.06. The second-order valence-electron chi connectivity index (χ2n) is 4.76. The number of hydrogen-bond acceptors (Lipinski definition) is 2. The lowest BCUT2D eigenvalue weighted by Crippen LogP contribution is -2.44. The third kappa shape index (κ3) is 6.26. The van der Waals surface area contributed by atoms with Gasteiger partial charge >= 0.3 is 6.03 Å². The van der Waals surface area contributed by atoms with Gasteiger partial charge in [0.05, 0.1) is 12.6 Å². The van der Waals surface area contributed by atoms with E-state index in [1.165, 1.54) is 0 Å². The Labute approximate surface area is 125 Å². The molecule has 0 unspecified atom stereocenters. The molecule has 5 heteroatoms. The summed E-state index contributed by atoms with van der Waals surface area (Å²) >= 11 is 6.04. The Morgan fingerprint density at radius 2 is 2.15 bits per heavy atom. The van der Waals surface area contributed by atoms with Gasteiger partial charge in [-0.2, -0.15) is 0 Å². The van der Waals surface area contributed by atoms with Crippen LogP contribution in [0.15, 0.2) is 24.3 Å². The molecule has 1 aromatic rings. The molecule has 1 atom stereocenters. The summed E-state index contributed by atoms with van der Waals surface area (Å²) < 4.78 is 0. The van der Waals surface area contributed by atoms with Crippen molar-refractivity contribution in [3.8, 4) is 0 Å². The van der Waals surface area contributed by atoms with Gasteiger partial charge in [-0.1, -0.05) is 49.6 Å². The smallest absolute Gasteiger partial charge is 0.315 e. The summed E-state index contributed by atoms with van der Waals surface area (Å²) in [5.74, 6) is 0. The number of urea groups is 1. The largest absolute Gasteiger partial charge is 0.394 e. The van der Waals surface area contributed by atoms with Gasteiger partial charge < -0.3 is 15.7 Å². The summed E-state index contributed by atoms with van der Waals surface area (Å²) in [6, 6.07) is 7.17. The molecule has 0 heterocycles. The summed E-state index contributed by atoms with van der Waals surface area (Å²) in [5, 5.41) is 15.4. The molecule has 0 aromatic heterocycles. The van der Waals surface area contributed by atoms with Crippen molar-refractivity contribution in [1.29, 1.82) is 0 Å². The van der Waals surface area contributed by atoms with Gasteiger partial charge in [0.15, 0.2) is 0 Å². The van der Waals surface area contributed by atoms with Gasteiger partial charge in [-0.05, 0) is 24.5 Å². The summed E-state index contributed by atoms with van der Waals surface area (Å²) in [6.07, 6.45) is 3.52. The molecule has 0 spiro atoms. The van der Waals surface area contributed by atoms with Crippen LogP contribution in [0, 0.1) is 0 Å². The molecule has 4 nitrogen and oxygen atoms in total. The molecule has 3 N–H and O–H groups in total. The number of aliphatic hydroxyl groups is 1. The molecular formula is C15H23ClN2O2. The lowest BCUT2D eigenvalue weighted by atomic mass is 10.1. The summed E-state index contributed by atoms with van der Waals surface area (Å²) in [5.41, 5.74) is 1.01. The Morgan fingerprint density at radius 3 is 2.80 bits per heavy atom. The van der Waals surface area contributed by atoms with Crippen molar-refractivity contribution >= 4 is 17.6 Å². The molecule has 0 bridgehead atoms. The first-order chi connectivity index (χ1) is 9.67. The van der Waals surface area contributed by atoms with Gasteiger partial charge in [-0.3, -0.25) is 0 Å². The Balaban J connectivity index is 2.27. The maximum absolute atomic E-state index is 11.7. The van der Waals surface area contributed by atoms with Crippen molar-refractivity contribution in [2.24, 2.45) is 0 Å². The number of carbonyl (C=O) groups is 1. The highest BCUT2D eigenvalue weighted by atomic mass is 35.5. The van der Waals surface area contributed by atoms with E-state index in [9.17, 15) is 9.90 Å². The normalized spacial score (nSPS) is 11.9. The van der Waals surface area contributed by atoms with E-state index in [1.807, 2.05) is 24.3 Å². The van der Waals surface area contributed by atoms with Crippen molar-refractivity contribution in [1.82, 2.24) is 10.6 Å². The predicted octanol–water partition coefficient (Wildman–Crippen LogP) is 2.73. The van der Waals surface area contributed by atoms with Crippen LogP contribution in [0.3, 0.4) is 0 Å². The minimum atomic E-state index is -0.243. The van der Waals surface area contributed by atoms with E-state index < -0.39 is 0 Å². The molecule has 0 saturated carbocycles. The predicted molar refractivity (Wildman–Crippen MR) is 82.1 cm³/mol. The molecule has 1 aromatic carbocycles. The molecule has 0 aliphatic heterocycles. The zero-order chi connectivity index (χ0) is 14.8. The van der Waals surface area contributed by atoms with Crippen LogP contribution in [-0.4, -0.2) is 30.3 Å². The highest BCUT2D eigenvalue weighted by Gasteiger charge is 2.10. The third-order valence-electron chi connectivity index (χ3n) is 3.10. The van der Waals surface area contributed by atoms with Crippen molar-refractivity contribution < 1.29 is 9.90 Å². The van der Waals surface area contributed by atoms with E-state index in [0.717, 1.165) is 24.8 Å². The average molecular weight is 299 g/mol. The first-order valence-corrected chi connectivity index (χ1v) is 7.43. The SMILES string of the molecule is CCCC[C@@H](CO)NC(=O)NCCc1ccccc1Cl. The molecule has 2 amide bonds. The van der Waals surface area contributed by atoms with Gasteiger partial charge in [0.2, 0.25) is 0 Å². The van der Waals surface area contributed by atoms with Gasteiger partial charge in [0.1, 0.15) is 0 Å². The monoisotopic (exact) mass is 298 g/mol. The number of unbranched alkanes of at least 4 members (excludes halogenated alkanes) is 1. The van der Waals surface area contributed by atoms with Gasteiger partial charge in [-0.15, -0.1) is 0 Å². The van der Waals surface area contributed by atoms with Crippen molar-refractivity contribution in [2.75, 3.05) is 13.2 Å². The van der Waals surface area contributed by atoms with Gasteiger partial charge in [0.25, 0.3) is 0 Å². The lowest BCUT2D eigenvalue weighted by Gasteiger charge is -2.16. The molecule has 0 aliphatic carbocycles. The molecule has 1 rings (SSSR count). The average Bonchev–Trinajstić information content (AvgIpc) is 2.45. The number of amides is 2. The second kappa shape index (κ2) is 9.61. The van der Waals surface area contributed by atoms with Crippen molar-refractivity contribution in [3.05, 3.63) is 34.9 Å². The van der Waals surface area contributed by atoms with Crippen LogP contribution in [0.4, 0.5) is 4.79 Å². The molecule has 0 saturated heterocycles. The second-order valence-corrected chi connectivity index (χ2v) is 5.17. The minimum Gasteiger partial charge on any atom is -0.394 e. The van der Waals surface area contributed by atoms with Crippen LogP contribution in [-0.2, 0) is 6.42 Å². The van der Waals surface area contributed by atoms with Gasteiger partial charge in [0, 0.05) is 11.6 Å². The zero-order valence-electron chi connectivity index (χ0n) is 11.9. The van der Waals surface area contributed by atoms with Crippen molar-refractivity contribution in [2.45, 2.75) is 38.6 Å². The van der Waals surface area contributed by atoms with Crippen molar-refractivity contribution in [3.63, 3.8) is 0 Å². The van der Waals surface area contributed by atoms with Crippen LogP contribution in [0.25, 0.3) is 0 Å². The Kier molecular flexibility index (Phi) is 8.07. The van der Waals surface area contributed by atoms with Crippen LogP contribution in [0.2, 0.25) is 5.02 Å². The van der Waals surface area contributed by atoms with E-state index >= 15 is 0 Å². The van der Waals surface area contributed by atoms with E-state index in [1.54, 1.807) is 0 Å². The van der Waals surface area contributed by atoms with E-state index in [-0.39, 0.29) is 18.7 Å². The quantitative estimate of drug-likeness (QED) is 0.691. The summed E-state index contributed by atoms with van der Waals surface area (Å²) in [6.45, 7) is 2.57. The number of nitrogens with one attached hydrogen (secondary N) is 2. The fraction of sp³-hybridized carbons (Fsp3) is 0.533. The zero-order valence-corrected chi connectivity index (χ0v) is 12.6. The van der Waals surface area contributed by atoms with Crippen LogP contribution < -0.4 is 10.6 Å². The number of hydrogen-bond donors (Lipinski definition) is 3. The summed E-state index contributed by atoms with van der Waals surface area (Å²) in [7, 11) is 0. The maximum atomic E-state index is 11.7. The molecule has 0 radical (unpaired) electrons. The van der Waals surface area contributed by atoms with Gasteiger partial charge in [-0.25, -0.2) is 4.79 Å². The Morgan fingerprint density at radius 1 is 1.40 bits per heavy atom. The molecule has 0 fully saturated rings. The fourth-order valence-electron chi connectivity index (χ4n) is 1.91. The van der Waals surface area contributed by atoms with E-state index in [4.69, 9.17) is 11.6 Å². The minimum absolute atomic E-state index is 0.0298. The third-order valence-corrected chi connectivity index (χ3v) is 3.47. The number of rotatable bonds is 8. The fourth-order valence-corrected chi connectivity index (χ4v) is 2.14. The highest BCUT2D eigenvalue weighted by Crippen LogP contribution is 2.14. The molecule has 20 heavy (non-hydrogen) atoms. The molecule has 112 valence electrons. The number of aliphatic hydroxyl groups excluding tert-OH is 1. The van der Waals surface area contributed by atoms with E-state index in [0.29, 0.717) is 18.0 Å². The Bertz CT molecular complexity index is 413. The maximum Gasteiger partial charge on any atom is 0.315 e. The number of halogens is 1. The van der Waals surface area contributed by atoms with Crippen LogP contribution >= 0.6 is 11.6 Å². The lowest BCUT2D eigenvalue weighted by molar-refractivity contribution is 0.212. The standard InChI is InChI=1S/C15H23ClN2O2/c1-2-3-7-13(11-19)18-15(20)17-10-9-12-6-4-5-8-14(12)16/h4-6,8,13,19H,2-3,7,9-11H2,1H3,(H2,17,18,20)/t13-/m0/s1. The molecular weight excluding hydrogens is 276 g/mol. The first kappa shape index (κ1) is 16.8. The number of benzene rings is 1. The highest BCUT2D eigenvalue weighted by molar-refractivity contribution is 6.31. The van der Waals surface area contributed by atoms with E-state index in [2.05, 4.69) is 17.6 Å². The summed E-state index contributed by atoms with van der Waals surface area (Å²) in [4.78, 5) is 11.7. The topological polar surface area (TPSA) is 61.4 Å².